The second kappa shape index (κ2) is 7.58. The molecule has 2 aliphatic rings. The molecule has 154 valence electrons. The summed E-state index contributed by atoms with van der Waals surface area (Å²) in [7, 11) is -2.24. The van der Waals surface area contributed by atoms with E-state index in [1.165, 1.54) is 11.3 Å². The number of benzene rings is 1. The third kappa shape index (κ3) is 3.63. The molecule has 1 saturated heterocycles. The molecular formula is C18H22N6O4S. The molecule has 0 atom stereocenters. The number of aryl methyl sites for hydroxylation is 1. The predicted octanol–water partition coefficient (Wildman–Crippen LogP) is 0.745. The smallest absolute Gasteiger partial charge is 0.391 e. The van der Waals surface area contributed by atoms with Gasteiger partial charge in [-0.15, -0.1) is 0 Å². The summed E-state index contributed by atoms with van der Waals surface area (Å²) in [4.78, 5) is 22.4. The van der Waals surface area contributed by atoms with E-state index in [4.69, 9.17) is 4.74 Å². The number of anilines is 1. The highest BCUT2D eigenvalue weighted by molar-refractivity contribution is 7.92. The maximum atomic E-state index is 13.2. The lowest BCUT2D eigenvalue weighted by atomic mass is 10.2. The lowest BCUT2D eigenvalue weighted by Gasteiger charge is -2.26. The molecule has 0 unspecified atom stereocenters. The Morgan fingerprint density at radius 2 is 1.83 bits per heavy atom. The van der Waals surface area contributed by atoms with Crippen LogP contribution in [0.5, 0.6) is 5.88 Å². The maximum absolute atomic E-state index is 13.2. The van der Waals surface area contributed by atoms with Gasteiger partial charge in [-0.3, -0.25) is 0 Å². The van der Waals surface area contributed by atoms with Gasteiger partial charge in [0.15, 0.2) is 5.82 Å². The Morgan fingerprint density at radius 1 is 1.14 bits per heavy atom. The van der Waals surface area contributed by atoms with Gasteiger partial charge in [0, 0.05) is 33.2 Å². The number of carbonyl (C=O) groups is 1. The first-order valence-electron chi connectivity index (χ1n) is 9.22. The molecule has 4 rings (SSSR count). The van der Waals surface area contributed by atoms with Crippen LogP contribution >= 0.6 is 0 Å². The number of rotatable bonds is 3. The van der Waals surface area contributed by atoms with Gasteiger partial charge in [-0.05, 0) is 19.1 Å². The molecule has 2 aromatic rings. The second-order valence-electron chi connectivity index (χ2n) is 6.96. The van der Waals surface area contributed by atoms with Crippen molar-refractivity contribution in [3.05, 3.63) is 41.7 Å². The summed E-state index contributed by atoms with van der Waals surface area (Å²) in [5, 5.41) is 4.68. The number of amides is 1. The highest BCUT2D eigenvalue weighted by atomic mass is 32.2. The summed E-state index contributed by atoms with van der Waals surface area (Å²) in [5.41, 5.74) is 1.41. The van der Waals surface area contributed by atoms with Crippen LogP contribution in [0.4, 0.5) is 10.6 Å². The molecule has 1 amide bonds. The SMILES string of the molecule is Cc1ccc(S(=O)(=O)N2c3ncnc(OC(=O)N4CCNCC4)c3CN2C)cc1. The van der Waals surface area contributed by atoms with Gasteiger partial charge in [-0.25, -0.2) is 19.8 Å². The summed E-state index contributed by atoms with van der Waals surface area (Å²) >= 11 is 0. The van der Waals surface area contributed by atoms with Crippen molar-refractivity contribution in [1.82, 2.24) is 25.2 Å². The minimum atomic E-state index is -3.87. The largest absolute Gasteiger partial charge is 0.416 e. The molecule has 2 aliphatic heterocycles. The molecule has 1 N–H and O–H groups in total. The molecule has 10 nitrogen and oxygen atoms in total. The number of fused-ring (bicyclic) bond motifs is 1. The van der Waals surface area contributed by atoms with Gasteiger partial charge >= 0.3 is 6.09 Å². The molecule has 0 bridgehead atoms. The van der Waals surface area contributed by atoms with Gasteiger partial charge in [0.1, 0.15) is 6.33 Å². The van der Waals surface area contributed by atoms with Crippen molar-refractivity contribution in [2.45, 2.75) is 18.4 Å². The first kappa shape index (κ1) is 19.6. The average Bonchev–Trinajstić information content (AvgIpc) is 3.06. The second-order valence-corrected chi connectivity index (χ2v) is 8.73. The zero-order chi connectivity index (χ0) is 20.6. The van der Waals surface area contributed by atoms with Crippen molar-refractivity contribution < 1.29 is 17.9 Å². The molecule has 3 heterocycles. The molecule has 29 heavy (non-hydrogen) atoms. The summed E-state index contributed by atoms with van der Waals surface area (Å²) in [6, 6.07) is 6.60. The van der Waals surface area contributed by atoms with Crippen LogP contribution in [0, 0.1) is 6.92 Å². The Labute approximate surface area is 169 Å². The van der Waals surface area contributed by atoms with E-state index in [1.807, 2.05) is 6.92 Å². The van der Waals surface area contributed by atoms with Gasteiger partial charge in [-0.2, -0.15) is 12.8 Å². The Morgan fingerprint density at radius 3 is 2.52 bits per heavy atom. The first-order chi connectivity index (χ1) is 13.9. The fourth-order valence-corrected chi connectivity index (χ4v) is 4.82. The van der Waals surface area contributed by atoms with Crippen LogP contribution in [-0.2, 0) is 16.6 Å². The van der Waals surface area contributed by atoms with Crippen molar-refractivity contribution in [1.29, 1.82) is 0 Å². The van der Waals surface area contributed by atoms with Gasteiger partial charge in [0.05, 0.1) is 17.0 Å². The van der Waals surface area contributed by atoms with Gasteiger partial charge in [0.2, 0.25) is 5.88 Å². The van der Waals surface area contributed by atoms with E-state index >= 15 is 0 Å². The molecule has 1 aromatic heterocycles. The number of nitrogens with one attached hydrogen (secondary N) is 1. The van der Waals surface area contributed by atoms with E-state index in [0.717, 1.165) is 9.98 Å². The van der Waals surface area contributed by atoms with Crippen LogP contribution in [0.25, 0.3) is 0 Å². The monoisotopic (exact) mass is 418 g/mol. The van der Waals surface area contributed by atoms with Crippen LogP contribution in [0.2, 0.25) is 0 Å². The number of hydrogen-bond acceptors (Lipinski definition) is 8. The Balaban J connectivity index is 1.64. The third-order valence-corrected chi connectivity index (χ3v) is 6.64. The van der Waals surface area contributed by atoms with Crippen molar-refractivity contribution in [3.63, 3.8) is 0 Å². The van der Waals surface area contributed by atoms with Crippen molar-refractivity contribution >= 4 is 21.9 Å². The standard InChI is InChI=1S/C18H22N6O4S/c1-13-3-5-14(6-4-13)29(26,27)24-16-15(11-22(24)2)17(21-12-20-16)28-18(25)23-9-7-19-8-10-23/h3-6,12,19H,7-11H2,1-2H3. The molecule has 1 fully saturated rings. The summed E-state index contributed by atoms with van der Waals surface area (Å²) < 4.78 is 33.0. The summed E-state index contributed by atoms with van der Waals surface area (Å²) in [6.07, 6.45) is 0.700. The Hall–Kier alpha value is -2.76. The molecule has 11 heteroatoms. The predicted molar refractivity (Wildman–Crippen MR) is 105 cm³/mol. The van der Waals surface area contributed by atoms with Gasteiger partial charge in [-0.1, -0.05) is 17.7 Å². The fourth-order valence-electron chi connectivity index (χ4n) is 3.34. The molecule has 0 saturated carbocycles. The van der Waals surface area contributed by atoms with Crippen molar-refractivity contribution in [2.24, 2.45) is 0 Å². The number of hydrazine groups is 1. The normalized spacial score (nSPS) is 17.3. The molecular weight excluding hydrogens is 396 g/mol. The number of sulfonamides is 1. The number of ether oxygens (including phenoxy) is 1. The molecule has 0 aliphatic carbocycles. The van der Waals surface area contributed by atoms with Crippen LogP contribution < -0.4 is 14.5 Å². The number of piperazine rings is 1. The van der Waals surface area contributed by atoms with Crippen LogP contribution in [0.3, 0.4) is 0 Å². The lowest BCUT2D eigenvalue weighted by molar-refractivity contribution is 0.143. The number of nitrogens with zero attached hydrogens (tertiary/aromatic N) is 5. The Kier molecular flexibility index (Phi) is 5.11. The minimum absolute atomic E-state index is 0.0759. The number of aromatic nitrogens is 2. The zero-order valence-electron chi connectivity index (χ0n) is 16.2. The van der Waals surface area contributed by atoms with E-state index in [1.54, 1.807) is 36.2 Å². The average molecular weight is 418 g/mol. The van der Waals surface area contributed by atoms with E-state index in [2.05, 4.69) is 15.3 Å². The summed E-state index contributed by atoms with van der Waals surface area (Å²) in [6.45, 7) is 4.57. The van der Waals surface area contributed by atoms with E-state index in [9.17, 15) is 13.2 Å². The van der Waals surface area contributed by atoms with E-state index < -0.39 is 16.1 Å². The van der Waals surface area contributed by atoms with E-state index in [-0.39, 0.29) is 23.1 Å². The topological polar surface area (TPSA) is 108 Å². The fraction of sp³-hybridized carbons (Fsp3) is 0.389. The summed E-state index contributed by atoms with van der Waals surface area (Å²) in [5.74, 6) is 0.262. The van der Waals surface area contributed by atoms with Crippen molar-refractivity contribution in [3.8, 4) is 5.88 Å². The molecule has 0 radical (unpaired) electrons. The quantitative estimate of drug-likeness (QED) is 0.778. The highest BCUT2D eigenvalue weighted by Gasteiger charge is 2.39. The van der Waals surface area contributed by atoms with Crippen LogP contribution in [0.1, 0.15) is 11.1 Å². The molecule has 0 spiro atoms. The van der Waals surface area contributed by atoms with Crippen LogP contribution in [-0.4, -0.2) is 67.6 Å². The minimum Gasteiger partial charge on any atom is -0.391 e. The number of carbonyl (C=O) groups excluding carboxylic acids is 1. The maximum Gasteiger partial charge on any atom is 0.416 e. The van der Waals surface area contributed by atoms with E-state index in [0.29, 0.717) is 31.7 Å². The Bertz CT molecular complexity index is 1020. The van der Waals surface area contributed by atoms with Crippen LogP contribution in [0.15, 0.2) is 35.5 Å². The van der Waals surface area contributed by atoms with Crippen molar-refractivity contribution in [2.75, 3.05) is 37.6 Å². The zero-order valence-corrected chi connectivity index (χ0v) is 17.0. The van der Waals surface area contributed by atoms with Gasteiger partial charge < -0.3 is 15.0 Å². The number of hydrogen-bond donors (Lipinski definition) is 1. The third-order valence-electron chi connectivity index (χ3n) is 4.87. The first-order valence-corrected chi connectivity index (χ1v) is 10.7. The lowest BCUT2D eigenvalue weighted by Crippen LogP contribution is -2.47. The molecule has 1 aromatic carbocycles. The van der Waals surface area contributed by atoms with Gasteiger partial charge in [0.25, 0.3) is 10.0 Å². The highest BCUT2D eigenvalue weighted by Crippen LogP contribution is 2.37.